The van der Waals surface area contributed by atoms with Crippen molar-refractivity contribution in [3.63, 3.8) is 0 Å². The summed E-state index contributed by atoms with van der Waals surface area (Å²) in [6.07, 6.45) is -4.73. The molecular weight excluding hydrogens is 353 g/mol. The maximum Gasteiger partial charge on any atom is 0.573 e. The fourth-order valence-electron chi connectivity index (χ4n) is 1.99. The second kappa shape index (κ2) is 8.52. The topological polar surface area (TPSA) is 93.2 Å². The first kappa shape index (κ1) is 19.5. The number of halogens is 3. The first-order valence-corrected chi connectivity index (χ1v) is 7.61. The Morgan fingerprint density at radius 3 is 2.23 bits per heavy atom. The minimum Gasteiger partial charge on any atom is -0.406 e. The van der Waals surface area contributed by atoms with Crippen molar-refractivity contribution >= 4 is 23.5 Å². The molecule has 142 valence electrons. The van der Waals surface area contributed by atoms with E-state index in [0.29, 0.717) is 24.2 Å². The van der Waals surface area contributed by atoms with Crippen LogP contribution in [-0.2, 0) is 4.74 Å². The quantitative estimate of drug-likeness (QED) is 0.651. The van der Waals surface area contributed by atoms with Gasteiger partial charge in [0, 0.05) is 25.9 Å². The molecule has 1 atom stereocenters. The molecule has 3 N–H and O–H groups in total. The minimum atomic E-state index is -4.73. The first-order valence-electron chi connectivity index (χ1n) is 7.61. The summed E-state index contributed by atoms with van der Waals surface area (Å²) in [5, 5.41) is 8.79. The number of hydrogen-bond donors (Lipinski definition) is 3. The van der Waals surface area contributed by atoms with Crippen LogP contribution in [0.2, 0.25) is 0 Å². The lowest BCUT2D eigenvalue weighted by molar-refractivity contribution is -0.274. The Bertz CT molecular complexity index is 712. The number of ether oxygens (including phenoxy) is 2. The van der Waals surface area contributed by atoms with Gasteiger partial charge in [0.1, 0.15) is 5.75 Å². The van der Waals surface area contributed by atoms with Crippen LogP contribution < -0.4 is 20.7 Å². The molecule has 0 fully saturated rings. The second-order valence-corrected chi connectivity index (χ2v) is 5.25. The van der Waals surface area contributed by atoms with Gasteiger partial charge in [-0.2, -0.15) is 15.0 Å². The molecular formula is C15H19F3N6O2. The Morgan fingerprint density at radius 2 is 1.65 bits per heavy atom. The molecule has 1 aromatic heterocycles. The number of anilines is 4. The largest absolute Gasteiger partial charge is 0.573 e. The molecule has 0 aliphatic rings. The van der Waals surface area contributed by atoms with E-state index < -0.39 is 6.36 Å². The number of alkyl halides is 3. The van der Waals surface area contributed by atoms with Crippen molar-refractivity contribution in [2.45, 2.75) is 19.3 Å². The molecule has 0 radical (unpaired) electrons. The highest BCUT2D eigenvalue weighted by molar-refractivity contribution is 5.56. The smallest absolute Gasteiger partial charge is 0.406 e. The summed E-state index contributed by atoms with van der Waals surface area (Å²) in [6, 6.07) is 5.19. The number of aromatic nitrogens is 3. The third kappa shape index (κ3) is 6.24. The normalized spacial score (nSPS) is 12.4. The van der Waals surface area contributed by atoms with Gasteiger partial charge >= 0.3 is 6.36 Å². The molecule has 1 unspecified atom stereocenters. The molecule has 0 spiro atoms. The van der Waals surface area contributed by atoms with Crippen LogP contribution in [0.25, 0.3) is 0 Å². The van der Waals surface area contributed by atoms with E-state index in [9.17, 15) is 13.2 Å². The fraction of sp³-hybridized carbons (Fsp3) is 0.400. The van der Waals surface area contributed by atoms with E-state index in [1.807, 2.05) is 6.92 Å². The molecule has 11 heteroatoms. The SMILES string of the molecule is CNc1nc(Nc2ccc(OC(F)(F)F)cc2)nc(NC(C)COC)n1. The predicted molar refractivity (Wildman–Crippen MR) is 90.7 cm³/mol. The Hall–Kier alpha value is -2.82. The van der Waals surface area contributed by atoms with Gasteiger partial charge in [0.15, 0.2) is 0 Å². The van der Waals surface area contributed by atoms with Gasteiger partial charge in [-0.25, -0.2) is 0 Å². The van der Waals surface area contributed by atoms with E-state index in [1.54, 1.807) is 14.2 Å². The van der Waals surface area contributed by atoms with Gasteiger partial charge in [0.25, 0.3) is 0 Å². The maximum atomic E-state index is 12.2. The minimum absolute atomic E-state index is 0.0289. The van der Waals surface area contributed by atoms with Crippen molar-refractivity contribution in [1.82, 2.24) is 15.0 Å². The molecule has 0 saturated heterocycles. The number of benzene rings is 1. The van der Waals surface area contributed by atoms with Crippen LogP contribution in [0.4, 0.5) is 36.7 Å². The van der Waals surface area contributed by atoms with Gasteiger partial charge in [0.05, 0.1) is 6.61 Å². The molecule has 26 heavy (non-hydrogen) atoms. The summed E-state index contributed by atoms with van der Waals surface area (Å²) < 4.78 is 45.4. The summed E-state index contributed by atoms with van der Waals surface area (Å²) in [5.74, 6) is 0.561. The Kier molecular flexibility index (Phi) is 6.39. The number of nitrogens with one attached hydrogen (secondary N) is 3. The van der Waals surface area contributed by atoms with E-state index in [4.69, 9.17) is 4.74 Å². The predicted octanol–water partition coefficient (Wildman–Crippen LogP) is 3.00. The van der Waals surface area contributed by atoms with Crippen molar-refractivity contribution in [1.29, 1.82) is 0 Å². The Balaban J connectivity index is 2.12. The fourth-order valence-corrected chi connectivity index (χ4v) is 1.99. The van der Waals surface area contributed by atoms with Crippen molar-refractivity contribution in [2.24, 2.45) is 0 Å². The van der Waals surface area contributed by atoms with Crippen LogP contribution in [0.5, 0.6) is 5.75 Å². The molecule has 2 rings (SSSR count). The molecule has 8 nitrogen and oxygen atoms in total. The van der Waals surface area contributed by atoms with Gasteiger partial charge in [-0.3, -0.25) is 0 Å². The van der Waals surface area contributed by atoms with E-state index in [-0.39, 0.29) is 17.7 Å². The average molecular weight is 372 g/mol. The first-order chi connectivity index (χ1) is 12.3. The van der Waals surface area contributed by atoms with Gasteiger partial charge in [0.2, 0.25) is 17.8 Å². The lowest BCUT2D eigenvalue weighted by Crippen LogP contribution is -2.23. The van der Waals surface area contributed by atoms with E-state index in [2.05, 4.69) is 35.6 Å². The van der Waals surface area contributed by atoms with Crippen LogP contribution in [0.3, 0.4) is 0 Å². The molecule has 0 amide bonds. The van der Waals surface area contributed by atoms with Crippen molar-refractivity contribution in [3.05, 3.63) is 24.3 Å². The highest BCUT2D eigenvalue weighted by Gasteiger charge is 2.30. The molecule has 2 aromatic rings. The summed E-state index contributed by atoms with van der Waals surface area (Å²) >= 11 is 0. The maximum absolute atomic E-state index is 12.2. The molecule has 1 aromatic carbocycles. The molecule has 0 aliphatic heterocycles. The zero-order valence-corrected chi connectivity index (χ0v) is 14.4. The van der Waals surface area contributed by atoms with Gasteiger partial charge in [-0.15, -0.1) is 13.2 Å². The lowest BCUT2D eigenvalue weighted by Gasteiger charge is -2.14. The highest BCUT2D eigenvalue weighted by atomic mass is 19.4. The monoisotopic (exact) mass is 372 g/mol. The third-order valence-corrected chi connectivity index (χ3v) is 3.00. The van der Waals surface area contributed by atoms with Crippen molar-refractivity contribution in [2.75, 3.05) is 36.7 Å². The van der Waals surface area contributed by atoms with Gasteiger partial charge in [-0.05, 0) is 31.2 Å². The Morgan fingerprint density at radius 1 is 1.04 bits per heavy atom. The van der Waals surface area contributed by atoms with Crippen molar-refractivity contribution in [3.8, 4) is 5.75 Å². The van der Waals surface area contributed by atoms with E-state index in [1.165, 1.54) is 24.3 Å². The summed E-state index contributed by atoms with van der Waals surface area (Å²) in [5.41, 5.74) is 0.490. The van der Waals surface area contributed by atoms with Crippen LogP contribution >= 0.6 is 0 Å². The Labute approximate surface area is 148 Å². The van der Waals surface area contributed by atoms with E-state index in [0.717, 1.165) is 0 Å². The highest BCUT2D eigenvalue weighted by Crippen LogP contribution is 2.25. The van der Waals surface area contributed by atoms with Crippen LogP contribution in [-0.4, -0.2) is 48.1 Å². The van der Waals surface area contributed by atoms with Crippen LogP contribution in [0, 0.1) is 0 Å². The summed E-state index contributed by atoms with van der Waals surface area (Å²) in [7, 11) is 3.24. The van der Waals surface area contributed by atoms with Crippen LogP contribution in [0.15, 0.2) is 24.3 Å². The molecule has 0 saturated carbocycles. The number of nitrogens with zero attached hydrogens (tertiary/aromatic N) is 3. The molecule has 0 aliphatic carbocycles. The zero-order valence-electron chi connectivity index (χ0n) is 14.4. The standard InChI is InChI=1S/C15H19F3N6O2/c1-9(8-25-3)20-13-22-12(19-2)23-14(24-13)21-10-4-6-11(7-5-10)26-15(16,17)18/h4-7,9H,8H2,1-3H3,(H3,19,20,21,22,23,24). The third-order valence-electron chi connectivity index (χ3n) is 3.00. The van der Waals surface area contributed by atoms with Crippen LogP contribution in [0.1, 0.15) is 6.92 Å². The number of rotatable bonds is 8. The van der Waals surface area contributed by atoms with Gasteiger partial charge in [-0.1, -0.05) is 0 Å². The summed E-state index contributed by atoms with van der Waals surface area (Å²) in [4.78, 5) is 12.6. The second-order valence-electron chi connectivity index (χ2n) is 5.25. The van der Waals surface area contributed by atoms with E-state index >= 15 is 0 Å². The van der Waals surface area contributed by atoms with Crippen molar-refractivity contribution < 1.29 is 22.6 Å². The molecule has 1 heterocycles. The average Bonchev–Trinajstić information content (AvgIpc) is 2.55. The van der Waals surface area contributed by atoms with Gasteiger partial charge < -0.3 is 25.4 Å². The zero-order chi connectivity index (χ0) is 19.2. The molecule has 0 bridgehead atoms. The summed E-state index contributed by atoms with van der Waals surface area (Å²) in [6.45, 7) is 2.36. The lowest BCUT2D eigenvalue weighted by atomic mass is 10.3. The number of methoxy groups -OCH3 is 1. The number of hydrogen-bond acceptors (Lipinski definition) is 8.